The topological polar surface area (TPSA) is 23.6 Å². The van der Waals surface area contributed by atoms with Crippen LogP contribution in [0.25, 0.3) is 6.08 Å². The van der Waals surface area contributed by atoms with Crippen LogP contribution in [-0.4, -0.2) is 43.9 Å². The number of aryl methyl sites for hydroxylation is 1. The lowest BCUT2D eigenvalue weighted by Crippen LogP contribution is -2.44. The van der Waals surface area contributed by atoms with Crippen molar-refractivity contribution in [2.75, 3.05) is 38.1 Å². The second-order valence-electron chi connectivity index (χ2n) is 7.18. The maximum atomic E-state index is 13.3. The fraction of sp³-hybridized carbons (Fsp3) is 0.318. The van der Waals surface area contributed by atoms with Crippen LogP contribution in [0, 0.1) is 5.82 Å². The van der Waals surface area contributed by atoms with E-state index >= 15 is 0 Å². The Morgan fingerprint density at radius 2 is 1.69 bits per heavy atom. The highest BCUT2D eigenvalue weighted by Gasteiger charge is 2.22. The first-order chi connectivity index (χ1) is 12.6. The number of Topliss-reactive ketones (excluding diaryl/α,β-unsaturated/α-hetero) is 1. The first-order valence-electron chi connectivity index (χ1n) is 9.17. The highest BCUT2D eigenvalue weighted by atomic mass is 19.1. The summed E-state index contributed by atoms with van der Waals surface area (Å²) in [6, 6.07) is 12.9. The van der Waals surface area contributed by atoms with Gasteiger partial charge in [0.2, 0.25) is 0 Å². The normalized spacial score (nSPS) is 19.7. The molecule has 1 fully saturated rings. The van der Waals surface area contributed by atoms with Crippen molar-refractivity contribution in [1.82, 2.24) is 4.90 Å². The second-order valence-corrected chi connectivity index (χ2v) is 7.18. The molecule has 0 aromatic heterocycles. The van der Waals surface area contributed by atoms with Crippen LogP contribution in [0.5, 0.6) is 0 Å². The lowest BCUT2D eigenvalue weighted by atomic mass is 9.86. The Hall–Kier alpha value is -2.46. The molecule has 0 saturated carbocycles. The number of carbonyl (C=O) groups is 1. The molecule has 2 aromatic rings. The van der Waals surface area contributed by atoms with E-state index in [-0.39, 0.29) is 11.6 Å². The maximum Gasteiger partial charge on any atom is 0.189 e. The molecule has 26 heavy (non-hydrogen) atoms. The fourth-order valence-corrected chi connectivity index (χ4v) is 3.73. The van der Waals surface area contributed by atoms with Crippen LogP contribution in [0.2, 0.25) is 0 Å². The molecule has 1 heterocycles. The third-order valence-corrected chi connectivity index (χ3v) is 5.37. The van der Waals surface area contributed by atoms with E-state index in [1.165, 1.54) is 17.8 Å². The van der Waals surface area contributed by atoms with Crippen molar-refractivity contribution in [3.8, 4) is 0 Å². The van der Waals surface area contributed by atoms with E-state index in [1.54, 1.807) is 6.07 Å². The van der Waals surface area contributed by atoms with Crippen LogP contribution in [0.15, 0.2) is 48.0 Å². The van der Waals surface area contributed by atoms with E-state index in [2.05, 4.69) is 41.1 Å². The van der Waals surface area contributed by atoms with E-state index in [4.69, 9.17) is 0 Å². The third-order valence-electron chi connectivity index (χ3n) is 5.37. The molecule has 0 amide bonds. The van der Waals surface area contributed by atoms with Crippen LogP contribution >= 0.6 is 0 Å². The minimum Gasteiger partial charge on any atom is -0.369 e. The summed E-state index contributed by atoms with van der Waals surface area (Å²) in [5, 5.41) is 0. The number of anilines is 1. The Bertz CT molecular complexity index is 849. The van der Waals surface area contributed by atoms with E-state index in [1.807, 2.05) is 6.08 Å². The summed E-state index contributed by atoms with van der Waals surface area (Å²) < 4.78 is 13.3. The largest absolute Gasteiger partial charge is 0.369 e. The zero-order valence-corrected chi connectivity index (χ0v) is 15.0. The minimum atomic E-state index is -0.275. The second kappa shape index (κ2) is 7.04. The van der Waals surface area contributed by atoms with Crippen LogP contribution in [0.4, 0.5) is 10.1 Å². The lowest BCUT2D eigenvalue weighted by molar-refractivity contribution is 0.102. The van der Waals surface area contributed by atoms with Crippen molar-refractivity contribution in [3.63, 3.8) is 0 Å². The van der Waals surface area contributed by atoms with Gasteiger partial charge in [-0.15, -0.1) is 0 Å². The molecule has 3 nitrogen and oxygen atoms in total. The molecule has 1 aliphatic heterocycles. The van der Waals surface area contributed by atoms with E-state index in [0.29, 0.717) is 18.4 Å². The molecule has 1 saturated heterocycles. The summed E-state index contributed by atoms with van der Waals surface area (Å²) in [5.41, 5.74) is 4.53. The number of carbonyl (C=O) groups excluding carboxylic acids is 1. The highest BCUT2D eigenvalue weighted by molar-refractivity contribution is 6.13. The van der Waals surface area contributed by atoms with Crippen molar-refractivity contribution in [2.24, 2.45) is 0 Å². The first kappa shape index (κ1) is 17.0. The molecule has 0 bridgehead atoms. The van der Waals surface area contributed by atoms with Crippen LogP contribution in [-0.2, 0) is 6.42 Å². The molecular weight excluding hydrogens is 327 g/mol. The number of rotatable bonds is 2. The molecular formula is C22H23FN2O. The summed E-state index contributed by atoms with van der Waals surface area (Å²) >= 11 is 0. The monoisotopic (exact) mass is 350 g/mol. The molecule has 0 unspecified atom stereocenters. The minimum absolute atomic E-state index is 0.0226. The summed E-state index contributed by atoms with van der Waals surface area (Å²) in [7, 11) is 2.15. The van der Waals surface area contributed by atoms with Gasteiger partial charge >= 0.3 is 0 Å². The number of hydrogen-bond acceptors (Lipinski definition) is 3. The van der Waals surface area contributed by atoms with Gasteiger partial charge in [0.05, 0.1) is 0 Å². The predicted molar refractivity (Wildman–Crippen MR) is 103 cm³/mol. The molecule has 2 aromatic carbocycles. The number of nitrogens with zero attached hydrogens (tertiary/aromatic N) is 2. The van der Waals surface area contributed by atoms with Gasteiger partial charge in [-0.25, -0.2) is 4.39 Å². The smallest absolute Gasteiger partial charge is 0.189 e. The summed E-state index contributed by atoms with van der Waals surface area (Å²) in [5.74, 6) is -0.252. The average Bonchev–Trinajstić information content (AvgIpc) is 2.65. The summed E-state index contributed by atoms with van der Waals surface area (Å²) in [4.78, 5) is 17.4. The fourth-order valence-electron chi connectivity index (χ4n) is 3.73. The first-order valence-corrected chi connectivity index (χ1v) is 9.17. The molecule has 0 radical (unpaired) electrons. The van der Waals surface area contributed by atoms with Crippen molar-refractivity contribution >= 4 is 17.5 Å². The molecule has 0 spiro atoms. The van der Waals surface area contributed by atoms with Gasteiger partial charge in [-0.2, -0.15) is 0 Å². The number of allylic oxidation sites excluding steroid dienone is 1. The number of halogens is 1. The van der Waals surface area contributed by atoms with Crippen LogP contribution in [0.1, 0.15) is 27.9 Å². The number of benzene rings is 2. The number of likely N-dealkylation sites (N-methyl/N-ethyl adjacent to an activating group) is 1. The quantitative estimate of drug-likeness (QED) is 0.770. The number of piperazine rings is 1. The van der Waals surface area contributed by atoms with Gasteiger partial charge in [0.15, 0.2) is 5.78 Å². The molecule has 0 atom stereocenters. The molecule has 4 rings (SSSR count). The Labute approximate surface area is 153 Å². The van der Waals surface area contributed by atoms with E-state index in [9.17, 15) is 9.18 Å². The van der Waals surface area contributed by atoms with Gasteiger partial charge in [0, 0.05) is 43.0 Å². The van der Waals surface area contributed by atoms with Crippen molar-refractivity contribution < 1.29 is 9.18 Å². The van der Waals surface area contributed by atoms with Gasteiger partial charge in [-0.1, -0.05) is 12.1 Å². The lowest BCUT2D eigenvalue weighted by Gasteiger charge is -2.34. The van der Waals surface area contributed by atoms with Crippen molar-refractivity contribution in [1.29, 1.82) is 0 Å². The zero-order chi connectivity index (χ0) is 18.1. The Balaban J connectivity index is 1.52. The van der Waals surface area contributed by atoms with Crippen molar-refractivity contribution in [2.45, 2.75) is 12.8 Å². The van der Waals surface area contributed by atoms with Gasteiger partial charge in [-0.05, 0) is 67.4 Å². The molecule has 4 heteroatoms. The standard InChI is InChI=1S/C22H23FN2O/c1-24-10-12-25(13-11-24)20-7-2-16(3-8-20)14-18-5-4-17-15-19(23)6-9-21(17)22(18)26/h2-3,6-9,14-15H,4-5,10-13H2,1H3. The van der Waals surface area contributed by atoms with Gasteiger partial charge in [-0.3, -0.25) is 4.79 Å². The van der Waals surface area contributed by atoms with Crippen LogP contribution in [0.3, 0.4) is 0 Å². The average molecular weight is 350 g/mol. The Morgan fingerprint density at radius 1 is 0.962 bits per heavy atom. The van der Waals surface area contributed by atoms with Gasteiger partial charge < -0.3 is 9.80 Å². The van der Waals surface area contributed by atoms with Crippen LogP contribution < -0.4 is 4.90 Å². The number of hydrogen-bond donors (Lipinski definition) is 0. The molecule has 0 N–H and O–H groups in total. The number of fused-ring (bicyclic) bond motifs is 1. The molecule has 134 valence electrons. The van der Waals surface area contributed by atoms with Crippen molar-refractivity contribution in [3.05, 3.63) is 70.5 Å². The third kappa shape index (κ3) is 3.42. The summed E-state index contributed by atoms with van der Waals surface area (Å²) in [6.45, 7) is 4.26. The van der Waals surface area contributed by atoms with Gasteiger partial charge in [0.1, 0.15) is 5.82 Å². The van der Waals surface area contributed by atoms with E-state index < -0.39 is 0 Å². The highest BCUT2D eigenvalue weighted by Crippen LogP contribution is 2.28. The number of ketones is 1. The summed E-state index contributed by atoms with van der Waals surface area (Å²) in [6.07, 6.45) is 3.35. The predicted octanol–water partition coefficient (Wildman–Crippen LogP) is 3.79. The Morgan fingerprint density at radius 3 is 2.42 bits per heavy atom. The SMILES string of the molecule is CN1CCN(c2ccc(C=C3CCc4cc(F)ccc4C3=O)cc2)CC1. The molecule has 2 aliphatic rings. The molecule has 1 aliphatic carbocycles. The van der Waals surface area contributed by atoms with Gasteiger partial charge in [0.25, 0.3) is 0 Å². The van der Waals surface area contributed by atoms with E-state index in [0.717, 1.165) is 42.9 Å². The Kier molecular flexibility index (Phi) is 4.60. The zero-order valence-electron chi connectivity index (χ0n) is 15.0. The maximum absolute atomic E-state index is 13.3.